The van der Waals surface area contributed by atoms with E-state index in [4.69, 9.17) is 16.3 Å². The molecule has 0 bridgehead atoms. The van der Waals surface area contributed by atoms with Gasteiger partial charge < -0.3 is 9.84 Å². The lowest BCUT2D eigenvalue weighted by Crippen LogP contribution is -2.45. The van der Waals surface area contributed by atoms with Gasteiger partial charge in [-0.1, -0.05) is 17.7 Å². The molecule has 1 heterocycles. The number of hydrogen-bond acceptors (Lipinski definition) is 3. The molecule has 0 aromatic heterocycles. The number of ether oxygens (including phenoxy) is 1. The summed E-state index contributed by atoms with van der Waals surface area (Å²) in [7, 11) is 0. The van der Waals surface area contributed by atoms with Crippen molar-refractivity contribution in [3.63, 3.8) is 0 Å². The van der Waals surface area contributed by atoms with Crippen LogP contribution in [0.3, 0.4) is 0 Å². The minimum atomic E-state index is -1.27. The standard InChI is InChI=1S/C23H24ClF2NO3/c1-13-2-7-17(12-27(13)11-15-5-6-16(25)8-20(15)24)30-22-10-21(26)19(23(28)29)9-18(22)14-3-4-14/h5-6,8-10,13-14,17H,2-4,7,11-12H2,1H3,(H,28,29)/t13-,17+/m0/s1. The molecule has 7 heteroatoms. The second kappa shape index (κ2) is 8.52. The van der Waals surface area contributed by atoms with Crippen LogP contribution >= 0.6 is 11.6 Å². The van der Waals surface area contributed by atoms with Gasteiger partial charge >= 0.3 is 5.97 Å². The lowest BCUT2D eigenvalue weighted by Gasteiger charge is -2.38. The van der Waals surface area contributed by atoms with E-state index < -0.39 is 11.8 Å². The highest BCUT2D eigenvalue weighted by atomic mass is 35.5. The third kappa shape index (κ3) is 4.60. The molecule has 4 rings (SSSR count). The fourth-order valence-corrected chi connectivity index (χ4v) is 4.29. The Morgan fingerprint density at radius 1 is 1.20 bits per heavy atom. The maximum atomic E-state index is 14.3. The van der Waals surface area contributed by atoms with Crippen molar-refractivity contribution >= 4 is 17.6 Å². The largest absolute Gasteiger partial charge is 0.489 e. The number of nitrogens with zero attached hydrogens (tertiary/aromatic N) is 1. The molecule has 2 atom stereocenters. The third-order valence-electron chi connectivity index (χ3n) is 6.00. The van der Waals surface area contributed by atoms with E-state index in [1.54, 1.807) is 6.07 Å². The molecular formula is C23H24ClF2NO3. The maximum Gasteiger partial charge on any atom is 0.338 e. The fourth-order valence-electron chi connectivity index (χ4n) is 4.06. The number of halogens is 3. The zero-order chi connectivity index (χ0) is 21.4. The highest BCUT2D eigenvalue weighted by Crippen LogP contribution is 2.45. The highest BCUT2D eigenvalue weighted by Gasteiger charge is 2.32. The summed E-state index contributed by atoms with van der Waals surface area (Å²) in [6.07, 6.45) is 3.49. The summed E-state index contributed by atoms with van der Waals surface area (Å²) < 4.78 is 33.8. The molecule has 0 amide bonds. The molecule has 1 saturated heterocycles. The molecule has 0 spiro atoms. The van der Waals surface area contributed by atoms with E-state index >= 15 is 0 Å². The second-order valence-electron chi connectivity index (χ2n) is 8.28. The van der Waals surface area contributed by atoms with E-state index in [0.717, 1.165) is 36.8 Å². The van der Waals surface area contributed by atoms with Gasteiger partial charge in [0, 0.05) is 30.2 Å². The molecule has 2 aromatic rings. The Kier molecular flexibility index (Phi) is 5.98. The van der Waals surface area contributed by atoms with E-state index in [-0.39, 0.29) is 23.4 Å². The first kappa shape index (κ1) is 21.1. The van der Waals surface area contributed by atoms with E-state index in [2.05, 4.69) is 11.8 Å². The van der Waals surface area contributed by atoms with Gasteiger partial charge in [-0.15, -0.1) is 0 Å². The molecular weight excluding hydrogens is 412 g/mol. The van der Waals surface area contributed by atoms with Crippen LogP contribution in [0.25, 0.3) is 0 Å². The number of hydrogen-bond donors (Lipinski definition) is 1. The van der Waals surface area contributed by atoms with Gasteiger partial charge in [0.25, 0.3) is 0 Å². The molecule has 1 N–H and O–H groups in total. The minimum absolute atomic E-state index is 0.145. The molecule has 1 aliphatic carbocycles. The van der Waals surface area contributed by atoms with Crippen molar-refractivity contribution in [1.82, 2.24) is 4.90 Å². The van der Waals surface area contributed by atoms with Gasteiger partial charge in [-0.25, -0.2) is 13.6 Å². The summed E-state index contributed by atoms with van der Waals surface area (Å²) in [5, 5.41) is 9.62. The predicted octanol–water partition coefficient (Wildman–Crippen LogP) is 5.63. The Labute approximate surface area is 179 Å². The molecule has 1 aliphatic heterocycles. The number of carbonyl (C=O) groups is 1. The Morgan fingerprint density at radius 3 is 2.63 bits per heavy atom. The maximum absolute atomic E-state index is 14.3. The summed E-state index contributed by atoms with van der Waals surface area (Å²) in [5.74, 6) is -1.73. The number of rotatable bonds is 6. The van der Waals surface area contributed by atoms with E-state index in [0.29, 0.717) is 29.9 Å². The van der Waals surface area contributed by atoms with Crippen molar-refractivity contribution in [2.75, 3.05) is 6.54 Å². The second-order valence-corrected chi connectivity index (χ2v) is 8.69. The van der Waals surface area contributed by atoms with Crippen LogP contribution in [0.2, 0.25) is 5.02 Å². The van der Waals surface area contributed by atoms with Gasteiger partial charge in [-0.05, 0) is 67.9 Å². The van der Waals surface area contributed by atoms with E-state index in [1.807, 2.05) is 0 Å². The van der Waals surface area contributed by atoms with E-state index in [9.17, 15) is 18.7 Å². The summed E-state index contributed by atoms with van der Waals surface area (Å²) in [6.45, 7) is 3.33. The van der Waals surface area contributed by atoms with Crippen LogP contribution in [-0.2, 0) is 6.54 Å². The van der Waals surface area contributed by atoms with Crippen molar-refractivity contribution in [3.8, 4) is 5.75 Å². The van der Waals surface area contributed by atoms with Crippen LogP contribution in [-0.4, -0.2) is 34.7 Å². The van der Waals surface area contributed by atoms with Crippen LogP contribution in [0.15, 0.2) is 30.3 Å². The van der Waals surface area contributed by atoms with Crippen molar-refractivity contribution in [2.45, 2.75) is 57.2 Å². The number of aromatic carboxylic acids is 1. The molecule has 4 nitrogen and oxygen atoms in total. The van der Waals surface area contributed by atoms with Crippen molar-refractivity contribution in [2.24, 2.45) is 0 Å². The molecule has 2 aliphatic rings. The number of carboxylic acid groups (broad SMARTS) is 1. The molecule has 2 fully saturated rings. The lowest BCUT2D eigenvalue weighted by molar-refractivity contribution is 0.0502. The Balaban J connectivity index is 1.51. The first-order valence-corrected chi connectivity index (χ1v) is 10.6. The highest BCUT2D eigenvalue weighted by molar-refractivity contribution is 6.31. The van der Waals surface area contributed by atoms with Crippen LogP contribution in [0.1, 0.15) is 60.0 Å². The number of carboxylic acids is 1. The Morgan fingerprint density at radius 2 is 1.97 bits per heavy atom. The molecule has 160 valence electrons. The molecule has 0 radical (unpaired) electrons. The van der Waals surface area contributed by atoms with Gasteiger partial charge in [-0.2, -0.15) is 0 Å². The van der Waals surface area contributed by atoms with Crippen LogP contribution in [0, 0.1) is 11.6 Å². The Hall–Kier alpha value is -2.18. The number of benzene rings is 2. The van der Waals surface area contributed by atoms with E-state index in [1.165, 1.54) is 24.3 Å². The van der Waals surface area contributed by atoms with Crippen molar-refractivity contribution in [3.05, 3.63) is 63.7 Å². The summed E-state index contributed by atoms with van der Waals surface area (Å²) in [5.41, 5.74) is 1.32. The molecule has 0 unspecified atom stereocenters. The van der Waals surface area contributed by atoms with Gasteiger partial charge in [0.2, 0.25) is 0 Å². The number of piperidine rings is 1. The average molecular weight is 436 g/mol. The van der Waals surface area contributed by atoms with Gasteiger partial charge in [-0.3, -0.25) is 4.90 Å². The van der Waals surface area contributed by atoms with Gasteiger partial charge in [0.1, 0.15) is 23.5 Å². The van der Waals surface area contributed by atoms with Crippen LogP contribution in [0.5, 0.6) is 5.75 Å². The van der Waals surface area contributed by atoms with Crippen molar-refractivity contribution < 1.29 is 23.4 Å². The summed E-state index contributed by atoms with van der Waals surface area (Å²) in [6, 6.07) is 7.36. The Bertz CT molecular complexity index is 964. The molecule has 2 aromatic carbocycles. The predicted molar refractivity (Wildman–Crippen MR) is 110 cm³/mol. The van der Waals surface area contributed by atoms with Gasteiger partial charge in [0.05, 0.1) is 5.56 Å². The van der Waals surface area contributed by atoms with Crippen molar-refractivity contribution in [1.29, 1.82) is 0 Å². The van der Waals surface area contributed by atoms with Crippen LogP contribution < -0.4 is 4.74 Å². The smallest absolute Gasteiger partial charge is 0.338 e. The normalized spacial score (nSPS) is 22.1. The monoisotopic (exact) mass is 435 g/mol. The molecule has 1 saturated carbocycles. The van der Waals surface area contributed by atoms with Crippen LogP contribution in [0.4, 0.5) is 8.78 Å². The quantitative estimate of drug-likeness (QED) is 0.639. The number of likely N-dealkylation sites (tertiary alicyclic amines) is 1. The topological polar surface area (TPSA) is 49.8 Å². The first-order chi connectivity index (χ1) is 14.3. The minimum Gasteiger partial charge on any atom is -0.489 e. The lowest BCUT2D eigenvalue weighted by atomic mass is 9.99. The summed E-state index contributed by atoms with van der Waals surface area (Å²) >= 11 is 6.20. The zero-order valence-corrected chi connectivity index (χ0v) is 17.5. The SMILES string of the molecule is C[C@H]1CC[C@@H](Oc2cc(F)c(C(=O)O)cc2C2CC2)CN1Cc1ccc(F)cc1Cl. The third-order valence-corrected chi connectivity index (χ3v) is 6.35. The zero-order valence-electron chi connectivity index (χ0n) is 16.7. The first-order valence-electron chi connectivity index (χ1n) is 10.2. The van der Waals surface area contributed by atoms with Gasteiger partial charge in [0.15, 0.2) is 0 Å². The summed E-state index contributed by atoms with van der Waals surface area (Å²) in [4.78, 5) is 13.5. The molecule has 30 heavy (non-hydrogen) atoms. The average Bonchev–Trinajstić information content (AvgIpc) is 3.51. The fraction of sp³-hybridized carbons (Fsp3) is 0.435.